The zero-order chi connectivity index (χ0) is 22.8. The second-order valence-electron chi connectivity index (χ2n) is 6.51. The van der Waals surface area contributed by atoms with Gasteiger partial charge in [0, 0.05) is 28.9 Å². The highest BCUT2D eigenvalue weighted by atomic mass is 35.5. The van der Waals surface area contributed by atoms with Crippen molar-refractivity contribution in [3.8, 4) is 12.3 Å². The van der Waals surface area contributed by atoms with Gasteiger partial charge in [-0.2, -0.15) is 0 Å². The number of hydrogen-bond acceptors (Lipinski definition) is 6. The molecule has 0 radical (unpaired) electrons. The van der Waals surface area contributed by atoms with Crippen LogP contribution in [0.5, 0.6) is 0 Å². The van der Waals surface area contributed by atoms with Gasteiger partial charge in [-0.25, -0.2) is 9.97 Å². The molecule has 0 fully saturated rings. The van der Waals surface area contributed by atoms with Crippen molar-refractivity contribution in [1.82, 2.24) is 15.3 Å². The first-order valence-electron chi connectivity index (χ1n) is 9.59. The molecule has 2 heterocycles. The molecule has 0 bridgehead atoms. The monoisotopic (exact) mass is 465 g/mol. The third-order valence-electron chi connectivity index (χ3n) is 4.10. The SMILES string of the molecule is C#CCNCC(=O)Nc1cc(CSc2ncccc2C(=O)Nc2ccc(Cl)cc2)ccn1. The summed E-state index contributed by atoms with van der Waals surface area (Å²) in [6, 6.07) is 14.0. The fraction of sp³-hybridized carbons (Fsp3) is 0.130. The zero-order valence-electron chi connectivity index (χ0n) is 17.0. The van der Waals surface area contributed by atoms with E-state index in [4.69, 9.17) is 18.0 Å². The Balaban J connectivity index is 1.62. The number of amides is 2. The van der Waals surface area contributed by atoms with Gasteiger partial charge in [0.05, 0.1) is 18.7 Å². The molecule has 0 aliphatic carbocycles. The van der Waals surface area contributed by atoms with Gasteiger partial charge in [0.1, 0.15) is 10.8 Å². The van der Waals surface area contributed by atoms with Crippen molar-refractivity contribution in [1.29, 1.82) is 0 Å². The van der Waals surface area contributed by atoms with Crippen LogP contribution in [0.1, 0.15) is 15.9 Å². The average Bonchev–Trinajstić information content (AvgIpc) is 2.80. The van der Waals surface area contributed by atoms with Crippen molar-refractivity contribution in [3.05, 3.63) is 77.1 Å². The van der Waals surface area contributed by atoms with Gasteiger partial charge >= 0.3 is 0 Å². The Morgan fingerprint density at radius 3 is 2.66 bits per heavy atom. The summed E-state index contributed by atoms with van der Waals surface area (Å²) in [4.78, 5) is 33.2. The molecular formula is C23H20ClN5O2S. The molecule has 0 atom stereocenters. The Morgan fingerprint density at radius 2 is 1.88 bits per heavy atom. The van der Waals surface area contributed by atoms with E-state index in [-0.39, 0.29) is 18.4 Å². The minimum atomic E-state index is -0.259. The summed E-state index contributed by atoms with van der Waals surface area (Å²) >= 11 is 7.31. The number of thioether (sulfide) groups is 1. The zero-order valence-corrected chi connectivity index (χ0v) is 18.5. The molecule has 3 N–H and O–H groups in total. The minimum absolute atomic E-state index is 0.102. The van der Waals surface area contributed by atoms with Crippen LogP contribution in [0.15, 0.2) is 66.0 Å². The van der Waals surface area contributed by atoms with Crippen molar-refractivity contribution >= 4 is 46.7 Å². The lowest BCUT2D eigenvalue weighted by Gasteiger charge is -2.10. The average molecular weight is 466 g/mol. The van der Waals surface area contributed by atoms with Crippen LogP contribution < -0.4 is 16.0 Å². The molecule has 0 saturated carbocycles. The van der Waals surface area contributed by atoms with Crippen LogP contribution in [0, 0.1) is 12.3 Å². The van der Waals surface area contributed by atoms with E-state index >= 15 is 0 Å². The van der Waals surface area contributed by atoms with E-state index in [2.05, 4.69) is 31.8 Å². The number of halogens is 1. The summed E-state index contributed by atoms with van der Waals surface area (Å²) < 4.78 is 0. The molecule has 7 nitrogen and oxygen atoms in total. The number of pyridine rings is 2. The van der Waals surface area contributed by atoms with Crippen LogP contribution >= 0.6 is 23.4 Å². The lowest BCUT2D eigenvalue weighted by molar-refractivity contribution is -0.115. The minimum Gasteiger partial charge on any atom is -0.322 e. The molecule has 0 unspecified atom stereocenters. The number of anilines is 2. The van der Waals surface area contributed by atoms with Gasteiger partial charge in [0.2, 0.25) is 5.91 Å². The van der Waals surface area contributed by atoms with Crippen LogP contribution in [0.25, 0.3) is 0 Å². The van der Waals surface area contributed by atoms with Gasteiger partial charge in [-0.3, -0.25) is 14.9 Å². The number of carbonyl (C=O) groups is 2. The van der Waals surface area contributed by atoms with Crippen molar-refractivity contribution in [2.24, 2.45) is 0 Å². The van der Waals surface area contributed by atoms with E-state index in [1.165, 1.54) is 11.8 Å². The first-order valence-corrected chi connectivity index (χ1v) is 10.9. The van der Waals surface area contributed by atoms with E-state index in [0.29, 0.717) is 39.4 Å². The van der Waals surface area contributed by atoms with Crippen LogP contribution in [0.2, 0.25) is 5.02 Å². The lowest BCUT2D eigenvalue weighted by Crippen LogP contribution is -2.28. The normalized spacial score (nSPS) is 10.2. The molecule has 0 spiro atoms. The maximum atomic E-state index is 12.7. The standard InChI is InChI=1S/C23H20ClN5O2S/c1-2-10-25-14-21(30)29-20-13-16(9-12-26-20)15-32-23-19(4-3-11-27-23)22(31)28-18-7-5-17(24)6-8-18/h1,3-9,11-13,25H,10,14-15H2,(H,28,31)(H,26,29,30). The maximum Gasteiger partial charge on any atom is 0.258 e. The number of carbonyl (C=O) groups excluding carboxylic acids is 2. The van der Waals surface area contributed by atoms with Crippen molar-refractivity contribution in [2.75, 3.05) is 23.7 Å². The molecule has 2 aromatic heterocycles. The summed E-state index contributed by atoms with van der Waals surface area (Å²) in [5.74, 6) is 2.90. The Labute approximate surface area is 195 Å². The number of hydrogen-bond donors (Lipinski definition) is 3. The summed E-state index contributed by atoms with van der Waals surface area (Å²) in [6.45, 7) is 0.417. The van der Waals surface area contributed by atoms with E-state index in [0.717, 1.165) is 5.56 Å². The van der Waals surface area contributed by atoms with Crippen molar-refractivity contribution in [2.45, 2.75) is 10.8 Å². The summed E-state index contributed by atoms with van der Waals surface area (Å²) in [5.41, 5.74) is 2.03. The number of nitrogens with zero attached hydrogens (tertiary/aromatic N) is 2. The topological polar surface area (TPSA) is 96.0 Å². The van der Waals surface area contributed by atoms with Crippen LogP contribution in [0.4, 0.5) is 11.5 Å². The van der Waals surface area contributed by atoms with Gasteiger partial charge in [-0.15, -0.1) is 18.2 Å². The number of benzene rings is 1. The summed E-state index contributed by atoms with van der Waals surface area (Å²) in [5, 5.41) is 9.58. The fourth-order valence-electron chi connectivity index (χ4n) is 2.63. The van der Waals surface area contributed by atoms with Gasteiger partial charge < -0.3 is 10.6 Å². The fourth-order valence-corrected chi connectivity index (χ4v) is 3.69. The van der Waals surface area contributed by atoms with Gasteiger partial charge in [0.25, 0.3) is 5.91 Å². The second kappa shape index (κ2) is 11.9. The third kappa shape index (κ3) is 7.10. The molecule has 32 heavy (non-hydrogen) atoms. The molecular weight excluding hydrogens is 446 g/mol. The number of terminal acetylenes is 1. The number of nitrogens with one attached hydrogen (secondary N) is 3. The number of rotatable bonds is 9. The quantitative estimate of drug-likeness (QED) is 0.252. The predicted molar refractivity (Wildman–Crippen MR) is 128 cm³/mol. The molecule has 0 saturated heterocycles. The molecule has 9 heteroatoms. The Bertz CT molecular complexity index is 1130. The molecule has 2 amide bonds. The largest absolute Gasteiger partial charge is 0.322 e. The third-order valence-corrected chi connectivity index (χ3v) is 5.43. The highest BCUT2D eigenvalue weighted by Gasteiger charge is 2.13. The molecule has 3 aromatic rings. The van der Waals surface area contributed by atoms with Crippen LogP contribution in [-0.4, -0.2) is 34.9 Å². The van der Waals surface area contributed by atoms with Gasteiger partial charge in [-0.1, -0.05) is 17.5 Å². The van der Waals surface area contributed by atoms with Crippen LogP contribution in [-0.2, 0) is 10.5 Å². The highest BCUT2D eigenvalue weighted by Crippen LogP contribution is 2.26. The number of aromatic nitrogens is 2. The van der Waals surface area contributed by atoms with Crippen molar-refractivity contribution < 1.29 is 9.59 Å². The van der Waals surface area contributed by atoms with E-state index < -0.39 is 0 Å². The first kappa shape index (κ1) is 23.3. The summed E-state index contributed by atoms with van der Waals surface area (Å²) in [6.07, 6.45) is 8.41. The smallest absolute Gasteiger partial charge is 0.258 e. The molecule has 1 aromatic carbocycles. The summed E-state index contributed by atoms with van der Waals surface area (Å²) in [7, 11) is 0. The van der Waals surface area contributed by atoms with Crippen LogP contribution in [0.3, 0.4) is 0 Å². The van der Waals surface area contributed by atoms with Gasteiger partial charge in [0.15, 0.2) is 0 Å². The maximum absolute atomic E-state index is 12.7. The Kier molecular flexibility index (Phi) is 8.63. The molecule has 3 rings (SSSR count). The highest BCUT2D eigenvalue weighted by molar-refractivity contribution is 7.98. The predicted octanol–water partition coefficient (Wildman–Crippen LogP) is 3.84. The molecule has 0 aliphatic heterocycles. The lowest BCUT2D eigenvalue weighted by atomic mass is 10.2. The molecule has 162 valence electrons. The van der Waals surface area contributed by atoms with Gasteiger partial charge in [-0.05, 0) is 54.1 Å². The first-order chi connectivity index (χ1) is 15.5. The van der Waals surface area contributed by atoms with E-state index in [1.807, 2.05) is 6.07 Å². The Hall–Kier alpha value is -3.38. The van der Waals surface area contributed by atoms with E-state index in [9.17, 15) is 9.59 Å². The second-order valence-corrected chi connectivity index (χ2v) is 7.91. The van der Waals surface area contributed by atoms with Crippen molar-refractivity contribution in [3.63, 3.8) is 0 Å². The Morgan fingerprint density at radius 1 is 1.06 bits per heavy atom. The molecule has 0 aliphatic rings. The van der Waals surface area contributed by atoms with E-state index in [1.54, 1.807) is 54.9 Å².